The highest BCUT2D eigenvalue weighted by atomic mass is 16.5. The van der Waals surface area contributed by atoms with Crippen LogP contribution in [0.4, 0.5) is 4.79 Å². The van der Waals surface area contributed by atoms with Crippen LogP contribution in [0.5, 0.6) is 0 Å². The van der Waals surface area contributed by atoms with E-state index in [1.807, 2.05) is 44.2 Å². The predicted molar refractivity (Wildman–Crippen MR) is 95.4 cm³/mol. The molecule has 2 aliphatic heterocycles. The maximum absolute atomic E-state index is 12.5. The second-order valence-corrected chi connectivity index (χ2v) is 7.01. The van der Waals surface area contributed by atoms with E-state index in [4.69, 9.17) is 4.74 Å². The number of carbonyl (C=O) groups excluding carboxylic acids is 3. The summed E-state index contributed by atoms with van der Waals surface area (Å²) in [7, 11) is 0. The summed E-state index contributed by atoms with van der Waals surface area (Å²) >= 11 is 0. The van der Waals surface area contributed by atoms with E-state index < -0.39 is 12.1 Å². The number of imide groups is 1. The van der Waals surface area contributed by atoms with Gasteiger partial charge in [-0.1, -0.05) is 30.3 Å². The minimum atomic E-state index is -0.571. The fourth-order valence-electron chi connectivity index (χ4n) is 3.49. The number of nitrogens with zero attached hydrogens (tertiary/aromatic N) is 2. The minimum absolute atomic E-state index is 0.0515. The molecule has 0 radical (unpaired) electrons. The van der Waals surface area contributed by atoms with Crippen molar-refractivity contribution < 1.29 is 19.1 Å². The number of amides is 4. The second kappa shape index (κ2) is 7.86. The van der Waals surface area contributed by atoms with Crippen LogP contribution in [-0.4, -0.2) is 65.5 Å². The summed E-state index contributed by atoms with van der Waals surface area (Å²) in [5, 5.41) is 2.69. The predicted octanol–water partition coefficient (Wildman–Crippen LogP) is 1.18. The number of hydrogen-bond donors (Lipinski definition) is 1. The topological polar surface area (TPSA) is 79.0 Å². The largest absolute Gasteiger partial charge is 0.372 e. The number of aryl methyl sites for hydroxylation is 1. The third-order valence-electron chi connectivity index (χ3n) is 4.74. The normalized spacial score (nSPS) is 26.2. The van der Waals surface area contributed by atoms with Crippen molar-refractivity contribution >= 4 is 17.8 Å². The Morgan fingerprint density at radius 2 is 1.81 bits per heavy atom. The van der Waals surface area contributed by atoms with Gasteiger partial charge in [-0.15, -0.1) is 0 Å². The number of hydrogen-bond acceptors (Lipinski definition) is 4. The van der Waals surface area contributed by atoms with Crippen molar-refractivity contribution in [2.24, 2.45) is 0 Å². The number of ether oxygens (including phenoxy) is 1. The molecule has 4 amide bonds. The minimum Gasteiger partial charge on any atom is -0.372 e. The molecule has 3 rings (SSSR count). The first-order valence-corrected chi connectivity index (χ1v) is 9.03. The maximum atomic E-state index is 12.5. The third-order valence-corrected chi connectivity index (χ3v) is 4.74. The molecule has 0 aromatic heterocycles. The molecular weight excluding hydrogens is 334 g/mol. The number of nitrogens with one attached hydrogen (secondary N) is 1. The first-order valence-electron chi connectivity index (χ1n) is 9.03. The molecule has 3 atom stereocenters. The number of morpholine rings is 1. The molecule has 0 spiro atoms. The van der Waals surface area contributed by atoms with Gasteiger partial charge in [-0.05, 0) is 32.3 Å². The lowest BCUT2D eigenvalue weighted by atomic mass is 10.1. The van der Waals surface area contributed by atoms with E-state index >= 15 is 0 Å². The summed E-state index contributed by atoms with van der Waals surface area (Å²) < 4.78 is 5.62. The van der Waals surface area contributed by atoms with Crippen LogP contribution in [0.1, 0.15) is 25.8 Å². The van der Waals surface area contributed by atoms with Crippen LogP contribution in [0.2, 0.25) is 0 Å². The highest BCUT2D eigenvalue weighted by molar-refractivity contribution is 6.06. The lowest BCUT2D eigenvalue weighted by Crippen LogP contribution is -2.51. The summed E-state index contributed by atoms with van der Waals surface area (Å²) in [6.07, 6.45) is 1.11. The van der Waals surface area contributed by atoms with Crippen molar-refractivity contribution in [2.75, 3.05) is 19.6 Å². The van der Waals surface area contributed by atoms with E-state index in [-0.39, 0.29) is 30.6 Å². The molecule has 1 N–H and O–H groups in total. The van der Waals surface area contributed by atoms with Gasteiger partial charge in [0.05, 0.1) is 12.2 Å². The Hall–Kier alpha value is -2.41. The van der Waals surface area contributed by atoms with E-state index in [1.165, 1.54) is 0 Å². The van der Waals surface area contributed by atoms with Crippen molar-refractivity contribution in [3.05, 3.63) is 35.9 Å². The molecule has 2 saturated heterocycles. The second-order valence-electron chi connectivity index (χ2n) is 7.01. The van der Waals surface area contributed by atoms with Gasteiger partial charge in [-0.3, -0.25) is 14.5 Å². The molecule has 2 heterocycles. The fraction of sp³-hybridized carbons (Fsp3) is 0.526. The van der Waals surface area contributed by atoms with Gasteiger partial charge < -0.3 is 15.0 Å². The Kier molecular flexibility index (Phi) is 5.56. The Morgan fingerprint density at radius 1 is 1.15 bits per heavy atom. The molecule has 7 nitrogen and oxygen atoms in total. The highest BCUT2D eigenvalue weighted by Gasteiger charge is 2.39. The molecule has 1 aromatic rings. The number of urea groups is 1. The van der Waals surface area contributed by atoms with Crippen molar-refractivity contribution in [3.63, 3.8) is 0 Å². The van der Waals surface area contributed by atoms with Crippen molar-refractivity contribution in [3.8, 4) is 0 Å². The van der Waals surface area contributed by atoms with Gasteiger partial charge in [-0.2, -0.15) is 0 Å². The van der Waals surface area contributed by atoms with Gasteiger partial charge in [0.1, 0.15) is 12.6 Å². The lowest BCUT2D eigenvalue weighted by molar-refractivity contribution is -0.146. The SMILES string of the molecule is C[C@@H]1CN(C(=O)CN2C(=O)N[C@@H](CCc3ccccc3)C2=O)C[C@@H](C)O1. The Morgan fingerprint density at radius 3 is 2.46 bits per heavy atom. The zero-order valence-electron chi connectivity index (χ0n) is 15.2. The van der Waals surface area contributed by atoms with E-state index in [9.17, 15) is 14.4 Å². The van der Waals surface area contributed by atoms with Gasteiger partial charge in [0.15, 0.2) is 0 Å². The molecular formula is C19H25N3O4. The van der Waals surface area contributed by atoms with Crippen LogP contribution >= 0.6 is 0 Å². The summed E-state index contributed by atoms with van der Waals surface area (Å²) in [5.41, 5.74) is 1.11. The molecule has 2 aliphatic rings. The Bertz CT molecular complexity index is 669. The molecule has 2 fully saturated rings. The number of benzene rings is 1. The van der Waals surface area contributed by atoms with Gasteiger partial charge in [0.25, 0.3) is 5.91 Å². The Labute approximate surface area is 153 Å². The average Bonchev–Trinajstić information content (AvgIpc) is 2.87. The van der Waals surface area contributed by atoms with Gasteiger partial charge in [0.2, 0.25) is 5.91 Å². The molecule has 26 heavy (non-hydrogen) atoms. The van der Waals surface area contributed by atoms with E-state index in [2.05, 4.69) is 5.32 Å². The smallest absolute Gasteiger partial charge is 0.325 e. The van der Waals surface area contributed by atoms with Crippen LogP contribution in [0.25, 0.3) is 0 Å². The number of carbonyl (C=O) groups is 3. The molecule has 140 valence electrons. The molecule has 0 saturated carbocycles. The van der Waals surface area contributed by atoms with Crippen molar-refractivity contribution in [1.29, 1.82) is 0 Å². The van der Waals surface area contributed by atoms with Gasteiger partial charge in [0, 0.05) is 13.1 Å². The molecule has 0 unspecified atom stereocenters. The van der Waals surface area contributed by atoms with E-state index in [0.29, 0.717) is 25.9 Å². The average molecular weight is 359 g/mol. The quantitative estimate of drug-likeness (QED) is 0.801. The molecule has 1 aromatic carbocycles. The van der Waals surface area contributed by atoms with E-state index in [0.717, 1.165) is 10.5 Å². The first kappa shape index (κ1) is 18.4. The fourth-order valence-corrected chi connectivity index (χ4v) is 3.49. The first-order chi connectivity index (χ1) is 12.4. The maximum Gasteiger partial charge on any atom is 0.325 e. The Balaban J connectivity index is 1.56. The standard InChI is InChI=1S/C19H25N3O4/c1-13-10-21(11-14(2)26-13)17(23)12-22-18(24)16(20-19(22)25)9-8-15-6-4-3-5-7-15/h3-7,13-14,16H,8-12H2,1-2H3,(H,20,25)/t13-,14-,16+/m1/s1. The molecule has 7 heteroatoms. The highest BCUT2D eigenvalue weighted by Crippen LogP contribution is 2.15. The van der Waals surface area contributed by atoms with Gasteiger partial charge in [-0.25, -0.2) is 4.79 Å². The summed E-state index contributed by atoms with van der Waals surface area (Å²) in [6.45, 7) is 4.55. The molecule has 0 bridgehead atoms. The molecule has 0 aliphatic carbocycles. The van der Waals surface area contributed by atoms with Crippen LogP contribution in [0, 0.1) is 0 Å². The van der Waals surface area contributed by atoms with Crippen LogP contribution in [-0.2, 0) is 20.7 Å². The summed E-state index contributed by atoms with van der Waals surface area (Å²) in [5.74, 6) is -0.548. The van der Waals surface area contributed by atoms with Crippen molar-refractivity contribution in [1.82, 2.24) is 15.1 Å². The van der Waals surface area contributed by atoms with Crippen LogP contribution in [0.15, 0.2) is 30.3 Å². The van der Waals surface area contributed by atoms with Crippen LogP contribution in [0.3, 0.4) is 0 Å². The van der Waals surface area contributed by atoms with E-state index in [1.54, 1.807) is 4.90 Å². The summed E-state index contributed by atoms with van der Waals surface area (Å²) in [6, 6.07) is 8.74. The zero-order chi connectivity index (χ0) is 18.7. The lowest BCUT2D eigenvalue weighted by Gasteiger charge is -2.35. The summed E-state index contributed by atoms with van der Waals surface area (Å²) in [4.78, 5) is 39.9. The zero-order valence-corrected chi connectivity index (χ0v) is 15.2. The van der Waals surface area contributed by atoms with Gasteiger partial charge >= 0.3 is 6.03 Å². The third kappa shape index (κ3) is 4.22. The monoisotopic (exact) mass is 359 g/mol. The van der Waals surface area contributed by atoms with Crippen LogP contribution < -0.4 is 5.32 Å². The van der Waals surface area contributed by atoms with Crippen molar-refractivity contribution in [2.45, 2.75) is 44.9 Å². The number of rotatable bonds is 5.